The van der Waals surface area contributed by atoms with E-state index in [0.717, 1.165) is 6.42 Å². The lowest BCUT2D eigenvalue weighted by Crippen LogP contribution is -2.28. The molecule has 1 aliphatic heterocycles. The molecular formula is C9H13F3N2. The van der Waals surface area contributed by atoms with Gasteiger partial charge in [-0.25, -0.2) is 4.99 Å². The minimum absolute atomic E-state index is 0.0473. The third kappa shape index (κ3) is 2.56. The number of hydrogen-bond donors (Lipinski definition) is 0. The summed E-state index contributed by atoms with van der Waals surface area (Å²) < 4.78 is 36.3. The molecule has 1 heterocycles. The van der Waals surface area contributed by atoms with Gasteiger partial charge in [-0.2, -0.15) is 13.2 Å². The fraction of sp³-hybridized carbons (Fsp3) is 0.778. The van der Waals surface area contributed by atoms with E-state index < -0.39 is 12.0 Å². The summed E-state index contributed by atoms with van der Waals surface area (Å²) in [5, 5.41) is 0. The van der Waals surface area contributed by atoms with Gasteiger partial charge in [0.15, 0.2) is 0 Å². The smallest absolute Gasteiger partial charge is 0.262 e. The minimum atomic E-state index is -4.41. The van der Waals surface area contributed by atoms with Crippen LogP contribution in [0, 0.1) is 11.8 Å². The topological polar surface area (TPSA) is 24.7 Å². The molecule has 2 unspecified atom stereocenters. The number of amidine groups is 1. The van der Waals surface area contributed by atoms with Gasteiger partial charge in [-0.05, 0) is 5.92 Å². The zero-order chi connectivity index (χ0) is 10.8. The number of halogens is 3. The molecule has 0 fully saturated rings. The molecular weight excluding hydrogens is 193 g/mol. The Morgan fingerprint density at radius 2 is 2.21 bits per heavy atom. The van der Waals surface area contributed by atoms with E-state index in [2.05, 4.69) is 9.98 Å². The summed E-state index contributed by atoms with van der Waals surface area (Å²) in [4.78, 5) is 6.80. The summed E-state index contributed by atoms with van der Waals surface area (Å²) in [5.41, 5.74) is 0. The Morgan fingerprint density at radius 1 is 1.57 bits per heavy atom. The van der Waals surface area contributed by atoms with Crippen LogP contribution in [0.3, 0.4) is 0 Å². The van der Waals surface area contributed by atoms with Gasteiger partial charge in [-0.1, -0.05) is 20.3 Å². The predicted octanol–water partition coefficient (Wildman–Crippen LogP) is 2.69. The molecule has 0 aliphatic carbocycles. The van der Waals surface area contributed by atoms with Gasteiger partial charge in [0.2, 0.25) is 5.84 Å². The SMILES string of the molecule is CCC(C)C1C=NC(C(F)(F)F)=NC1. The molecule has 0 bridgehead atoms. The van der Waals surface area contributed by atoms with Crippen LogP contribution in [0.5, 0.6) is 0 Å². The average molecular weight is 206 g/mol. The van der Waals surface area contributed by atoms with Crippen molar-refractivity contribution in [3.63, 3.8) is 0 Å². The quantitative estimate of drug-likeness (QED) is 0.663. The highest BCUT2D eigenvalue weighted by Crippen LogP contribution is 2.23. The van der Waals surface area contributed by atoms with E-state index in [4.69, 9.17) is 0 Å². The molecule has 0 radical (unpaired) electrons. The lowest BCUT2D eigenvalue weighted by Gasteiger charge is -2.20. The van der Waals surface area contributed by atoms with E-state index in [9.17, 15) is 13.2 Å². The van der Waals surface area contributed by atoms with E-state index in [1.165, 1.54) is 6.21 Å². The zero-order valence-corrected chi connectivity index (χ0v) is 8.17. The number of nitrogens with zero attached hydrogens (tertiary/aromatic N) is 2. The molecule has 0 saturated heterocycles. The molecule has 5 heteroatoms. The Morgan fingerprint density at radius 3 is 2.57 bits per heavy atom. The van der Waals surface area contributed by atoms with Crippen LogP contribution < -0.4 is 0 Å². The van der Waals surface area contributed by atoms with Crippen LogP contribution in [0.4, 0.5) is 13.2 Å². The Hall–Kier alpha value is -0.870. The Labute approximate surface area is 80.9 Å². The largest absolute Gasteiger partial charge is 0.451 e. The monoisotopic (exact) mass is 206 g/mol. The summed E-state index contributed by atoms with van der Waals surface area (Å²) in [6.07, 6.45) is -2.10. The van der Waals surface area contributed by atoms with Crippen LogP contribution in [0.15, 0.2) is 9.98 Å². The maximum absolute atomic E-state index is 12.1. The first kappa shape index (κ1) is 11.2. The van der Waals surface area contributed by atoms with Crippen molar-refractivity contribution in [2.75, 3.05) is 6.54 Å². The molecule has 0 aromatic carbocycles. The lowest BCUT2D eigenvalue weighted by molar-refractivity contribution is -0.0601. The highest BCUT2D eigenvalue weighted by Gasteiger charge is 2.37. The van der Waals surface area contributed by atoms with E-state index >= 15 is 0 Å². The van der Waals surface area contributed by atoms with Crippen molar-refractivity contribution < 1.29 is 13.2 Å². The Kier molecular flexibility index (Phi) is 3.29. The number of alkyl halides is 3. The Balaban J connectivity index is 2.62. The van der Waals surface area contributed by atoms with E-state index in [-0.39, 0.29) is 12.5 Å². The molecule has 1 aliphatic rings. The van der Waals surface area contributed by atoms with Gasteiger partial charge in [0.05, 0.1) is 0 Å². The summed E-state index contributed by atoms with van der Waals surface area (Å²) >= 11 is 0. The van der Waals surface area contributed by atoms with Crippen molar-refractivity contribution >= 4 is 12.1 Å². The Bertz CT molecular complexity index is 255. The van der Waals surface area contributed by atoms with Crippen molar-refractivity contribution in [3.8, 4) is 0 Å². The van der Waals surface area contributed by atoms with Crippen LogP contribution in [-0.2, 0) is 0 Å². The van der Waals surface area contributed by atoms with E-state index in [1.807, 2.05) is 13.8 Å². The fourth-order valence-corrected chi connectivity index (χ4v) is 1.24. The van der Waals surface area contributed by atoms with Crippen molar-refractivity contribution in [1.82, 2.24) is 0 Å². The van der Waals surface area contributed by atoms with Crippen molar-refractivity contribution in [1.29, 1.82) is 0 Å². The third-order valence-corrected chi connectivity index (χ3v) is 2.47. The zero-order valence-electron chi connectivity index (χ0n) is 8.17. The molecule has 0 aromatic rings. The molecule has 14 heavy (non-hydrogen) atoms. The summed E-state index contributed by atoms with van der Waals surface area (Å²) in [7, 11) is 0. The molecule has 0 aromatic heterocycles. The second kappa shape index (κ2) is 4.11. The van der Waals surface area contributed by atoms with Gasteiger partial charge in [0.1, 0.15) is 0 Å². The molecule has 2 nitrogen and oxygen atoms in total. The van der Waals surface area contributed by atoms with E-state index in [1.54, 1.807) is 0 Å². The third-order valence-electron chi connectivity index (χ3n) is 2.47. The molecule has 0 spiro atoms. The second-order valence-corrected chi connectivity index (χ2v) is 3.49. The molecule has 0 saturated carbocycles. The summed E-state index contributed by atoms with van der Waals surface area (Å²) in [6, 6.07) is 0. The van der Waals surface area contributed by atoms with Gasteiger partial charge >= 0.3 is 6.18 Å². The predicted molar refractivity (Wildman–Crippen MR) is 49.8 cm³/mol. The van der Waals surface area contributed by atoms with Gasteiger partial charge < -0.3 is 0 Å². The first-order valence-corrected chi connectivity index (χ1v) is 4.61. The van der Waals surface area contributed by atoms with Gasteiger partial charge in [-0.3, -0.25) is 4.99 Å². The summed E-state index contributed by atoms with van der Waals surface area (Å²) in [5.74, 6) is -0.625. The van der Waals surface area contributed by atoms with E-state index in [0.29, 0.717) is 5.92 Å². The van der Waals surface area contributed by atoms with Crippen LogP contribution in [0.25, 0.3) is 0 Å². The number of hydrogen-bond acceptors (Lipinski definition) is 2. The first-order valence-electron chi connectivity index (χ1n) is 4.61. The number of aliphatic imine (C=N–C) groups is 2. The van der Waals surface area contributed by atoms with Crippen LogP contribution in [-0.4, -0.2) is 24.8 Å². The minimum Gasteiger partial charge on any atom is -0.262 e. The maximum atomic E-state index is 12.1. The first-order chi connectivity index (χ1) is 6.45. The molecule has 0 amide bonds. The average Bonchev–Trinajstić information content (AvgIpc) is 2.15. The molecule has 80 valence electrons. The van der Waals surface area contributed by atoms with Crippen molar-refractivity contribution in [2.45, 2.75) is 26.4 Å². The van der Waals surface area contributed by atoms with Crippen LogP contribution >= 0.6 is 0 Å². The van der Waals surface area contributed by atoms with Gasteiger partial charge in [-0.15, -0.1) is 0 Å². The summed E-state index contributed by atoms with van der Waals surface area (Å²) in [6.45, 7) is 4.19. The maximum Gasteiger partial charge on any atom is 0.451 e. The van der Waals surface area contributed by atoms with Crippen LogP contribution in [0.1, 0.15) is 20.3 Å². The lowest BCUT2D eigenvalue weighted by atomic mass is 9.92. The molecule has 0 N–H and O–H groups in total. The molecule has 2 atom stereocenters. The van der Waals surface area contributed by atoms with Crippen LogP contribution in [0.2, 0.25) is 0 Å². The molecule has 1 rings (SSSR count). The standard InChI is InChI=1S/C9H13F3N2/c1-3-6(2)7-4-13-8(14-5-7)9(10,11)12/h4,6-7H,3,5H2,1-2H3. The highest BCUT2D eigenvalue weighted by molar-refractivity contribution is 5.95. The van der Waals surface area contributed by atoms with Gasteiger partial charge in [0, 0.05) is 18.7 Å². The van der Waals surface area contributed by atoms with Crippen molar-refractivity contribution in [2.24, 2.45) is 21.8 Å². The fourth-order valence-electron chi connectivity index (χ4n) is 1.24. The normalized spacial score (nSPS) is 24.6. The number of rotatable bonds is 2. The highest BCUT2D eigenvalue weighted by atomic mass is 19.4. The second-order valence-electron chi connectivity index (χ2n) is 3.49. The van der Waals surface area contributed by atoms with Gasteiger partial charge in [0.25, 0.3) is 0 Å². The van der Waals surface area contributed by atoms with Crippen molar-refractivity contribution in [3.05, 3.63) is 0 Å².